The first-order valence-electron chi connectivity index (χ1n) is 4.85. The van der Waals surface area contributed by atoms with Gasteiger partial charge in [0.1, 0.15) is 5.75 Å². The van der Waals surface area contributed by atoms with E-state index in [0.29, 0.717) is 16.1 Å². The van der Waals surface area contributed by atoms with E-state index in [1.54, 1.807) is 30.3 Å². The monoisotopic (exact) mass is 230 g/mol. The number of ketones is 1. The zero-order valence-corrected chi connectivity index (χ0v) is 8.95. The molecule has 0 unspecified atom stereocenters. The number of carbonyl (C=O) groups excluding carboxylic acids is 1. The van der Waals surface area contributed by atoms with Crippen LogP contribution in [0, 0.1) is 0 Å². The molecule has 0 spiro atoms. The second-order valence-corrected chi connectivity index (χ2v) is 4.13. The van der Waals surface area contributed by atoms with Gasteiger partial charge in [-0.2, -0.15) is 0 Å². The zero-order chi connectivity index (χ0) is 11.3. The maximum Gasteiger partial charge on any atom is 0.194 e. The smallest absolute Gasteiger partial charge is 0.194 e. The summed E-state index contributed by atoms with van der Waals surface area (Å²) in [5.74, 6) is 0.0134. The molecule has 0 heterocycles. The van der Waals surface area contributed by atoms with Gasteiger partial charge in [-0.15, -0.1) is 0 Å². The standard InChI is InChI=1S/C13H7ClO2/c14-11-3-1-2-9-12(11)8-5-4-7(15)6-10(8)13(9)16/h1-6,15H. The molecule has 0 saturated carbocycles. The molecule has 1 aliphatic rings. The number of phenols is 1. The Balaban J connectivity index is 2.41. The number of fused-ring (bicyclic) bond motifs is 3. The minimum absolute atomic E-state index is 0.0802. The average Bonchev–Trinajstić information content (AvgIpc) is 2.55. The Morgan fingerprint density at radius 3 is 2.62 bits per heavy atom. The van der Waals surface area contributed by atoms with Crippen LogP contribution in [0.3, 0.4) is 0 Å². The lowest BCUT2D eigenvalue weighted by Gasteiger charge is -2.01. The van der Waals surface area contributed by atoms with Gasteiger partial charge in [-0.3, -0.25) is 4.79 Å². The van der Waals surface area contributed by atoms with Crippen molar-refractivity contribution in [3.05, 3.63) is 52.5 Å². The minimum Gasteiger partial charge on any atom is -0.508 e. The number of carbonyl (C=O) groups is 1. The molecule has 0 aliphatic heterocycles. The van der Waals surface area contributed by atoms with Crippen LogP contribution in [0.1, 0.15) is 15.9 Å². The van der Waals surface area contributed by atoms with Crippen molar-refractivity contribution in [1.82, 2.24) is 0 Å². The summed E-state index contributed by atoms with van der Waals surface area (Å²) in [6.07, 6.45) is 0. The third-order valence-corrected chi connectivity index (χ3v) is 3.09. The Kier molecular flexibility index (Phi) is 1.82. The Bertz CT molecular complexity index is 617. The fourth-order valence-electron chi connectivity index (χ4n) is 2.07. The highest BCUT2D eigenvalue weighted by molar-refractivity contribution is 6.36. The van der Waals surface area contributed by atoms with E-state index in [1.807, 2.05) is 0 Å². The molecule has 2 aromatic carbocycles. The van der Waals surface area contributed by atoms with E-state index in [9.17, 15) is 9.90 Å². The van der Waals surface area contributed by atoms with Crippen LogP contribution in [0.25, 0.3) is 11.1 Å². The highest BCUT2D eigenvalue weighted by atomic mass is 35.5. The Morgan fingerprint density at radius 2 is 1.81 bits per heavy atom. The van der Waals surface area contributed by atoms with E-state index in [1.165, 1.54) is 6.07 Å². The van der Waals surface area contributed by atoms with Crippen LogP contribution in [0.5, 0.6) is 5.75 Å². The third kappa shape index (κ3) is 1.11. The summed E-state index contributed by atoms with van der Waals surface area (Å²) in [6.45, 7) is 0. The normalized spacial score (nSPS) is 12.4. The second kappa shape index (κ2) is 3.09. The van der Waals surface area contributed by atoms with Crippen molar-refractivity contribution in [3.63, 3.8) is 0 Å². The highest BCUT2D eigenvalue weighted by Crippen LogP contribution is 2.41. The van der Waals surface area contributed by atoms with Gasteiger partial charge in [0.2, 0.25) is 0 Å². The molecule has 16 heavy (non-hydrogen) atoms. The topological polar surface area (TPSA) is 37.3 Å². The van der Waals surface area contributed by atoms with Gasteiger partial charge in [-0.05, 0) is 29.8 Å². The largest absolute Gasteiger partial charge is 0.508 e. The van der Waals surface area contributed by atoms with Crippen LogP contribution in [0.4, 0.5) is 0 Å². The van der Waals surface area contributed by atoms with Crippen molar-refractivity contribution >= 4 is 17.4 Å². The second-order valence-electron chi connectivity index (χ2n) is 3.72. The lowest BCUT2D eigenvalue weighted by atomic mass is 10.1. The molecule has 0 amide bonds. The predicted molar refractivity (Wildman–Crippen MR) is 62.0 cm³/mol. The van der Waals surface area contributed by atoms with Gasteiger partial charge in [0, 0.05) is 21.7 Å². The lowest BCUT2D eigenvalue weighted by molar-refractivity contribution is 0.104. The molecule has 3 rings (SSSR count). The van der Waals surface area contributed by atoms with Crippen LogP contribution >= 0.6 is 11.6 Å². The van der Waals surface area contributed by atoms with E-state index >= 15 is 0 Å². The molecule has 0 radical (unpaired) electrons. The van der Waals surface area contributed by atoms with Crippen molar-refractivity contribution in [1.29, 1.82) is 0 Å². The maximum atomic E-state index is 12.0. The van der Waals surface area contributed by atoms with Crippen molar-refractivity contribution in [3.8, 4) is 16.9 Å². The van der Waals surface area contributed by atoms with Gasteiger partial charge in [0.25, 0.3) is 0 Å². The van der Waals surface area contributed by atoms with Crippen LogP contribution in [-0.4, -0.2) is 10.9 Å². The van der Waals surface area contributed by atoms with Crippen molar-refractivity contribution in [2.24, 2.45) is 0 Å². The fraction of sp³-hybridized carbons (Fsp3) is 0. The number of hydrogen-bond donors (Lipinski definition) is 1. The Morgan fingerprint density at radius 1 is 1.00 bits per heavy atom. The summed E-state index contributed by atoms with van der Waals surface area (Å²) >= 11 is 6.09. The van der Waals surface area contributed by atoms with Gasteiger partial charge in [-0.1, -0.05) is 23.7 Å². The quantitative estimate of drug-likeness (QED) is 0.644. The molecule has 78 valence electrons. The first-order chi connectivity index (χ1) is 7.68. The van der Waals surface area contributed by atoms with E-state index in [-0.39, 0.29) is 11.5 Å². The number of rotatable bonds is 0. The molecule has 2 nitrogen and oxygen atoms in total. The predicted octanol–water partition coefficient (Wildman–Crippen LogP) is 3.26. The number of benzene rings is 2. The van der Waals surface area contributed by atoms with Gasteiger partial charge in [-0.25, -0.2) is 0 Å². The summed E-state index contributed by atoms with van der Waals surface area (Å²) in [4.78, 5) is 12.0. The number of phenolic OH excluding ortho intramolecular Hbond substituents is 1. The van der Waals surface area contributed by atoms with Crippen LogP contribution < -0.4 is 0 Å². The zero-order valence-electron chi connectivity index (χ0n) is 8.20. The van der Waals surface area contributed by atoms with Crippen molar-refractivity contribution in [2.45, 2.75) is 0 Å². The summed E-state index contributed by atoms with van der Waals surface area (Å²) in [5, 5.41) is 9.94. The SMILES string of the molecule is O=C1c2cc(O)ccc2-c2c(Cl)cccc21. The molecule has 3 heteroatoms. The van der Waals surface area contributed by atoms with E-state index in [4.69, 9.17) is 11.6 Å². The van der Waals surface area contributed by atoms with E-state index < -0.39 is 0 Å². The first-order valence-corrected chi connectivity index (χ1v) is 5.23. The summed E-state index contributed by atoms with van der Waals surface area (Å²) in [7, 11) is 0. The fourth-order valence-corrected chi connectivity index (χ4v) is 2.35. The highest BCUT2D eigenvalue weighted by Gasteiger charge is 2.28. The van der Waals surface area contributed by atoms with E-state index in [2.05, 4.69) is 0 Å². The van der Waals surface area contributed by atoms with Crippen LogP contribution in [0.15, 0.2) is 36.4 Å². The minimum atomic E-state index is -0.0802. The van der Waals surface area contributed by atoms with Crippen molar-refractivity contribution in [2.75, 3.05) is 0 Å². The average molecular weight is 231 g/mol. The molecule has 0 aromatic heterocycles. The van der Waals surface area contributed by atoms with Gasteiger partial charge < -0.3 is 5.11 Å². The Labute approximate surface area is 97.1 Å². The molecule has 1 aliphatic carbocycles. The molecule has 1 N–H and O–H groups in total. The van der Waals surface area contributed by atoms with E-state index in [0.717, 1.165) is 11.1 Å². The molecular formula is C13H7ClO2. The first kappa shape index (κ1) is 9.43. The molecular weight excluding hydrogens is 224 g/mol. The molecule has 0 fully saturated rings. The molecule has 0 atom stereocenters. The third-order valence-electron chi connectivity index (χ3n) is 2.78. The number of hydrogen-bond acceptors (Lipinski definition) is 2. The summed E-state index contributed by atoms with van der Waals surface area (Å²) in [6, 6.07) is 10.0. The summed E-state index contributed by atoms with van der Waals surface area (Å²) in [5.41, 5.74) is 2.68. The van der Waals surface area contributed by atoms with Crippen molar-refractivity contribution < 1.29 is 9.90 Å². The molecule has 0 saturated heterocycles. The van der Waals surface area contributed by atoms with Crippen LogP contribution in [0.2, 0.25) is 5.02 Å². The van der Waals surface area contributed by atoms with Gasteiger partial charge in [0.15, 0.2) is 5.78 Å². The lowest BCUT2D eigenvalue weighted by Crippen LogP contribution is -1.94. The number of halogens is 1. The molecule has 0 bridgehead atoms. The molecule has 2 aromatic rings. The number of aromatic hydroxyl groups is 1. The maximum absolute atomic E-state index is 12.0. The Hall–Kier alpha value is -1.80. The van der Waals surface area contributed by atoms with Gasteiger partial charge in [0.05, 0.1) is 0 Å². The summed E-state index contributed by atoms with van der Waals surface area (Å²) < 4.78 is 0. The van der Waals surface area contributed by atoms with Crippen LogP contribution in [-0.2, 0) is 0 Å². The van der Waals surface area contributed by atoms with Gasteiger partial charge >= 0.3 is 0 Å².